The number of carbonyl (C=O) groups excluding carboxylic acids is 2. The van der Waals surface area contributed by atoms with Gasteiger partial charge in [-0.05, 0) is 62.4 Å². The van der Waals surface area contributed by atoms with Gasteiger partial charge in [0.15, 0.2) is 0 Å². The summed E-state index contributed by atoms with van der Waals surface area (Å²) >= 11 is 0. The third kappa shape index (κ3) is 5.59. The van der Waals surface area contributed by atoms with Gasteiger partial charge in [-0.3, -0.25) is 14.5 Å². The third-order valence-electron chi connectivity index (χ3n) is 7.30. The van der Waals surface area contributed by atoms with E-state index in [1.807, 2.05) is 0 Å². The van der Waals surface area contributed by atoms with Crippen LogP contribution < -0.4 is 15.5 Å². The summed E-state index contributed by atoms with van der Waals surface area (Å²) in [6.07, 6.45) is 11.4. The van der Waals surface area contributed by atoms with Gasteiger partial charge < -0.3 is 15.5 Å². The second-order valence-corrected chi connectivity index (χ2v) is 9.54. The zero-order chi connectivity index (χ0) is 21.6. The lowest BCUT2D eigenvalue weighted by atomic mass is 9.98. The van der Waals surface area contributed by atoms with Crippen molar-refractivity contribution in [3.63, 3.8) is 0 Å². The van der Waals surface area contributed by atoms with Crippen molar-refractivity contribution in [1.82, 2.24) is 15.5 Å². The number of carbonyl (C=O) groups is 2. The highest BCUT2D eigenvalue weighted by Crippen LogP contribution is 2.32. The normalized spacial score (nSPS) is 21.3. The molecule has 1 unspecified atom stereocenters. The van der Waals surface area contributed by atoms with Gasteiger partial charge in [-0.2, -0.15) is 0 Å². The summed E-state index contributed by atoms with van der Waals surface area (Å²) in [5.41, 5.74) is 3.95. The van der Waals surface area contributed by atoms with Crippen molar-refractivity contribution in [3.05, 3.63) is 29.3 Å². The Morgan fingerprint density at radius 1 is 0.968 bits per heavy atom. The molecule has 2 heterocycles. The highest BCUT2D eigenvalue weighted by atomic mass is 16.2. The average molecular weight is 427 g/mol. The van der Waals surface area contributed by atoms with Crippen molar-refractivity contribution >= 4 is 17.5 Å². The molecule has 2 aliphatic heterocycles. The molecule has 2 fully saturated rings. The number of likely N-dealkylation sites (tertiary alicyclic amines) is 1. The van der Waals surface area contributed by atoms with Crippen LogP contribution in [0.4, 0.5) is 5.69 Å². The Labute approximate surface area is 186 Å². The van der Waals surface area contributed by atoms with Gasteiger partial charge in [-0.1, -0.05) is 44.2 Å². The Kier molecular flexibility index (Phi) is 7.49. The molecule has 170 valence electrons. The average Bonchev–Trinajstić information content (AvgIpc) is 2.98. The molecule has 31 heavy (non-hydrogen) atoms. The van der Waals surface area contributed by atoms with Crippen LogP contribution in [0.15, 0.2) is 18.2 Å². The summed E-state index contributed by atoms with van der Waals surface area (Å²) in [5.74, 6) is -0.966. The molecule has 0 radical (unpaired) electrons. The highest BCUT2D eigenvalue weighted by molar-refractivity contribution is 6.35. The standard InChI is InChI=1S/C25H38N4O2/c1-28-16-13-20-17-19(11-12-22(20)28)23(29-14-7-4-8-15-29)18-26-24(30)25(31)27-21-9-5-2-3-6-10-21/h11-12,17,21,23H,2-10,13-16,18H2,1H3,(H,26,30)(H,27,31). The van der Waals surface area contributed by atoms with Gasteiger partial charge in [0.05, 0.1) is 6.04 Å². The van der Waals surface area contributed by atoms with Gasteiger partial charge >= 0.3 is 11.8 Å². The van der Waals surface area contributed by atoms with Crippen molar-refractivity contribution in [2.75, 3.05) is 38.1 Å². The molecule has 1 saturated carbocycles. The second-order valence-electron chi connectivity index (χ2n) is 9.54. The Morgan fingerprint density at radius 3 is 2.42 bits per heavy atom. The first-order valence-corrected chi connectivity index (χ1v) is 12.3. The minimum atomic E-state index is -0.493. The summed E-state index contributed by atoms with van der Waals surface area (Å²) in [7, 11) is 2.14. The molecule has 0 bridgehead atoms. The SMILES string of the molecule is CN1CCc2cc(C(CNC(=O)C(=O)NC3CCCCCC3)N3CCCCC3)ccc21. The minimum absolute atomic E-state index is 0.117. The number of benzene rings is 1. The van der Waals surface area contributed by atoms with E-state index in [1.54, 1.807) is 0 Å². The summed E-state index contributed by atoms with van der Waals surface area (Å²) < 4.78 is 0. The lowest BCUT2D eigenvalue weighted by Gasteiger charge is -2.35. The van der Waals surface area contributed by atoms with Gasteiger partial charge in [-0.15, -0.1) is 0 Å². The number of anilines is 1. The summed E-state index contributed by atoms with van der Waals surface area (Å²) in [5, 5.41) is 5.93. The van der Waals surface area contributed by atoms with Crippen molar-refractivity contribution in [3.8, 4) is 0 Å². The number of likely N-dealkylation sites (N-methyl/N-ethyl adjacent to an activating group) is 1. The van der Waals surface area contributed by atoms with Crippen LogP contribution in [0, 0.1) is 0 Å². The molecule has 0 spiro atoms. The van der Waals surface area contributed by atoms with Gasteiger partial charge in [0.25, 0.3) is 0 Å². The molecule has 6 heteroatoms. The molecule has 4 rings (SSSR count). The van der Waals surface area contributed by atoms with Crippen LogP contribution in [0.5, 0.6) is 0 Å². The van der Waals surface area contributed by atoms with Crippen molar-refractivity contribution in [2.45, 2.75) is 76.3 Å². The molecule has 1 aromatic rings. The maximum absolute atomic E-state index is 12.6. The fourth-order valence-electron chi connectivity index (χ4n) is 5.43. The maximum atomic E-state index is 12.6. The molecule has 0 aromatic heterocycles. The molecular weight excluding hydrogens is 388 g/mol. The first-order valence-electron chi connectivity index (χ1n) is 12.3. The number of rotatable bonds is 5. The van der Waals surface area contributed by atoms with Crippen LogP contribution in [0.2, 0.25) is 0 Å². The maximum Gasteiger partial charge on any atom is 0.309 e. The van der Waals surface area contributed by atoms with Crippen LogP contribution in [-0.2, 0) is 16.0 Å². The summed E-state index contributed by atoms with van der Waals surface area (Å²) in [6, 6.07) is 7.00. The highest BCUT2D eigenvalue weighted by Gasteiger charge is 2.27. The van der Waals surface area contributed by atoms with Gasteiger partial charge in [0.1, 0.15) is 0 Å². The zero-order valence-corrected chi connectivity index (χ0v) is 19.0. The van der Waals surface area contributed by atoms with Crippen molar-refractivity contribution < 1.29 is 9.59 Å². The molecule has 1 aliphatic carbocycles. The fourth-order valence-corrected chi connectivity index (χ4v) is 5.43. The van der Waals surface area contributed by atoms with E-state index in [4.69, 9.17) is 0 Å². The van der Waals surface area contributed by atoms with E-state index >= 15 is 0 Å². The monoisotopic (exact) mass is 426 g/mol. The largest absolute Gasteiger partial charge is 0.374 e. The first-order chi connectivity index (χ1) is 15.1. The number of fused-ring (bicyclic) bond motifs is 1. The first kappa shape index (κ1) is 22.1. The quantitative estimate of drug-likeness (QED) is 0.561. The molecule has 1 atom stereocenters. The molecule has 3 aliphatic rings. The number of nitrogens with zero attached hydrogens (tertiary/aromatic N) is 2. The Bertz CT molecular complexity index is 767. The van der Waals surface area contributed by atoms with Gasteiger partial charge in [-0.25, -0.2) is 0 Å². The molecule has 1 aromatic carbocycles. The van der Waals surface area contributed by atoms with Crippen LogP contribution in [0.25, 0.3) is 0 Å². The lowest BCUT2D eigenvalue weighted by Crippen LogP contribution is -2.47. The number of nitrogens with one attached hydrogen (secondary N) is 2. The summed E-state index contributed by atoms with van der Waals surface area (Å²) in [6.45, 7) is 3.63. The van der Waals surface area contributed by atoms with E-state index in [1.165, 1.54) is 48.9 Å². The molecular formula is C25H38N4O2. The topological polar surface area (TPSA) is 64.7 Å². The second kappa shape index (κ2) is 10.5. The zero-order valence-electron chi connectivity index (χ0n) is 19.0. The van der Waals surface area contributed by atoms with E-state index in [0.717, 1.165) is 51.7 Å². The van der Waals surface area contributed by atoms with Crippen molar-refractivity contribution in [2.24, 2.45) is 0 Å². The number of amides is 2. The van der Waals surface area contributed by atoms with E-state index < -0.39 is 11.8 Å². The van der Waals surface area contributed by atoms with Crippen LogP contribution in [0.1, 0.15) is 75.0 Å². The molecule has 1 saturated heterocycles. The minimum Gasteiger partial charge on any atom is -0.374 e. The Balaban J connectivity index is 1.40. The molecule has 2 amide bonds. The Hall–Kier alpha value is -2.08. The summed E-state index contributed by atoms with van der Waals surface area (Å²) in [4.78, 5) is 29.9. The third-order valence-corrected chi connectivity index (χ3v) is 7.30. The van der Waals surface area contributed by atoms with Crippen LogP contribution in [0.3, 0.4) is 0 Å². The van der Waals surface area contributed by atoms with E-state index in [-0.39, 0.29) is 12.1 Å². The smallest absolute Gasteiger partial charge is 0.309 e. The fraction of sp³-hybridized carbons (Fsp3) is 0.680. The predicted molar refractivity (Wildman–Crippen MR) is 124 cm³/mol. The number of piperidine rings is 1. The van der Waals surface area contributed by atoms with E-state index in [9.17, 15) is 9.59 Å². The van der Waals surface area contributed by atoms with E-state index in [2.05, 4.69) is 45.7 Å². The van der Waals surface area contributed by atoms with Crippen molar-refractivity contribution in [1.29, 1.82) is 0 Å². The number of hydrogen-bond donors (Lipinski definition) is 2. The lowest BCUT2D eigenvalue weighted by molar-refractivity contribution is -0.139. The van der Waals surface area contributed by atoms with Gasteiger partial charge in [0, 0.05) is 31.9 Å². The Morgan fingerprint density at radius 2 is 1.68 bits per heavy atom. The molecule has 2 N–H and O–H groups in total. The van der Waals surface area contributed by atoms with Gasteiger partial charge in [0.2, 0.25) is 0 Å². The molecule has 6 nitrogen and oxygen atoms in total. The predicted octanol–water partition coefficient (Wildman–Crippen LogP) is 3.16. The van der Waals surface area contributed by atoms with Crippen LogP contribution in [-0.4, -0.2) is 56.0 Å². The van der Waals surface area contributed by atoms with Crippen LogP contribution >= 0.6 is 0 Å². The number of hydrogen-bond acceptors (Lipinski definition) is 4. The van der Waals surface area contributed by atoms with E-state index in [0.29, 0.717) is 6.54 Å².